The zero-order valence-corrected chi connectivity index (χ0v) is 17.0. The minimum absolute atomic E-state index is 0.611. The predicted octanol–water partition coefficient (Wildman–Crippen LogP) is 5.89. The maximum absolute atomic E-state index is 6.50. The van der Waals surface area contributed by atoms with Crippen molar-refractivity contribution < 1.29 is 9.47 Å². The minimum atomic E-state index is 0.611. The highest BCUT2D eigenvalue weighted by Crippen LogP contribution is 2.33. The van der Waals surface area contributed by atoms with Crippen LogP contribution in [0.4, 0.5) is 0 Å². The summed E-state index contributed by atoms with van der Waals surface area (Å²) in [5.41, 5.74) is 3.49. The highest BCUT2D eigenvalue weighted by molar-refractivity contribution is 6.33. The van der Waals surface area contributed by atoms with Gasteiger partial charge in [-0.2, -0.15) is 0 Å². The van der Waals surface area contributed by atoms with E-state index in [4.69, 9.17) is 31.0 Å². The van der Waals surface area contributed by atoms with E-state index in [1.807, 2.05) is 25.1 Å². The van der Waals surface area contributed by atoms with Gasteiger partial charge in [0.05, 0.1) is 29.6 Å². The summed E-state index contributed by atoms with van der Waals surface area (Å²) in [7, 11) is 0. The lowest BCUT2D eigenvalue weighted by Crippen LogP contribution is -2.08. The summed E-state index contributed by atoms with van der Waals surface area (Å²) >= 11 is 6.50. The zero-order valence-electron chi connectivity index (χ0n) is 16.3. The Morgan fingerprint density at radius 3 is 2.31 bits per heavy atom. The molecule has 142 valence electrons. The molecule has 0 saturated carbocycles. The fourth-order valence-electron chi connectivity index (χ4n) is 2.76. The summed E-state index contributed by atoms with van der Waals surface area (Å²) in [6.45, 7) is 9.57. The number of aryl methyl sites for hydroxylation is 2. The van der Waals surface area contributed by atoms with Crippen LogP contribution in [-0.4, -0.2) is 23.2 Å². The molecular weight excluding hydrogens is 348 g/mol. The standard InChI is InChI=1S/C21H29ClN2O2/c1-5-9-10-13-26-21-19(7-3)23-20(18(6-2)24-21)16-12-11-15(25-8-4)14-17(16)22/h11-12,14H,5-10,13H2,1-4H3. The first kappa shape index (κ1) is 20.5. The largest absolute Gasteiger partial charge is 0.494 e. The van der Waals surface area contributed by atoms with Gasteiger partial charge in [0.1, 0.15) is 11.4 Å². The van der Waals surface area contributed by atoms with Crippen molar-refractivity contribution >= 4 is 11.6 Å². The van der Waals surface area contributed by atoms with Gasteiger partial charge in [0.25, 0.3) is 0 Å². The number of halogens is 1. The maximum Gasteiger partial charge on any atom is 0.235 e. The smallest absolute Gasteiger partial charge is 0.235 e. The lowest BCUT2D eigenvalue weighted by molar-refractivity contribution is 0.289. The number of hydrogen-bond donors (Lipinski definition) is 0. The molecule has 0 atom stereocenters. The van der Waals surface area contributed by atoms with Crippen LogP contribution in [0.15, 0.2) is 18.2 Å². The van der Waals surface area contributed by atoms with Gasteiger partial charge in [0.15, 0.2) is 0 Å². The molecule has 1 aromatic carbocycles. The highest BCUT2D eigenvalue weighted by Gasteiger charge is 2.17. The Balaban J connectivity index is 2.36. The molecule has 0 bridgehead atoms. The monoisotopic (exact) mass is 376 g/mol. The van der Waals surface area contributed by atoms with Crippen LogP contribution in [0, 0.1) is 0 Å². The summed E-state index contributed by atoms with van der Waals surface area (Å²) in [6.07, 6.45) is 4.90. The van der Waals surface area contributed by atoms with Crippen molar-refractivity contribution in [2.75, 3.05) is 13.2 Å². The molecule has 0 amide bonds. The molecule has 0 fully saturated rings. The van der Waals surface area contributed by atoms with Crippen LogP contribution in [-0.2, 0) is 12.8 Å². The third-order valence-electron chi connectivity index (χ3n) is 4.17. The Labute approximate surface area is 161 Å². The molecule has 2 aromatic rings. The van der Waals surface area contributed by atoms with Crippen LogP contribution < -0.4 is 9.47 Å². The third-order valence-corrected chi connectivity index (χ3v) is 4.48. The average molecular weight is 377 g/mol. The summed E-state index contributed by atoms with van der Waals surface area (Å²) in [4.78, 5) is 9.62. The number of benzene rings is 1. The maximum atomic E-state index is 6.50. The van der Waals surface area contributed by atoms with E-state index in [-0.39, 0.29) is 0 Å². The molecule has 5 heteroatoms. The first-order valence-corrected chi connectivity index (χ1v) is 9.97. The van der Waals surface area contributed by atoms with Crippen molar-refractivity contribution in [3.63, 3.8) is 0 Å². The van der Waals surface area contributed by atoms with Crippen molar-refractivity contribution in [3.8, 4) is 22.9 Å². The van der Waals surface area contributed by atoms with E-state index >= 15 is 0 Å². The van der Waals surface area contributed by atoms with E-state index in [0.717, 1.165) is 54.1 Å². The number of unbranched alkanes of at least 4 members (excludes halogenated alkanes) is 2. The van der Waals surface area contributed by atoms with Gasteiger partial charge in [0.2, 0.25) is 5.88 Å². The summed E-state index contributed by atoms with van der Waals surface area (Å²) < 4.78 is 11.4. The van der Waals surface area contributed by atoms with Gasteiger partial charge in [-0.05, 0) is 44.4 Å². The Hall–Kier alpha value is -1.81. The molecule has 4 nitrogen and oxygen atoms in total. The van der Waals surface area contributed by atoms with Crippen molar-refractivity contribution in [1.82, 2.24) is 9.97 Å². The molecule has 0 N–H and O–H groups in total. The van der Waals surface area contributed by atoms with Crippen molar-refractivity contribution in [3.05, 3.63) is 34.6 Å². The topological polar surface area (TPSA) is 44.2 Å². The Morgan fingerprint density at radius 1 is 0.923 bits per heavy atom. The molecule has 0 saturated heterocycles. The van der Waals surface area contributed by atoms with Gasteiger partial charge in [-0.3, -0.25) is 0 Å². The molecule has 0 unspecified atom stereocenters. The third kappa shape index (κ3) is 5.10. The molecule has 0 aliphatic heterocycles. The second-order valence-corrected chi connectivity index (χ2v) is 6.52. The summed E-state index contributed by atoms with van der Waals surface area (Å²) in [6, 6.07) is 5.71. The molecule has 0 aliphatic rings. The Morgan fingerprint density at radius 2 is 1.69 bits per heavy atom. The van der Waals surface area contributed by atoms with Crippen LogP contribution in [0.3, 0.4) is 0 Å². The zero-order chi connectivity index (χ0) is 18.9. The van der Waals surface area contributed by atoms with Crippen molar-refractivity contribution in [2.45, 2.75) is 59.8 Å². The van der Waals surface area contributed by atoms with Gasteiger partial charge in [0, 0.05) is 5.56 Å². The van der Waals surface area contributed by atoms with Crippen LogP contribution >= 0.6 is 11.6 Å². The van der Waals surface area contributed by atoms with Gasteiger partial charge in [-0.15, -0.1) is 0 Å². The lowest BCUT2D eigenvalue weighted by atomic mass is 10.1. The number of aromatic nitrogens is 2. The summed E-state index contributed by atoms with van der Waals surface area (Å²) in [5.74, 6) is 1.42. The van der Waals surface area contributed by atoms with Crippen LogP contribution in [0.5, 0.6) is 11.6 Å². The first-order chi connectivity index (χ1) is 12.6. The number of hydrogen-bond acceptors (Lipinski definition) is 4. The molecular formula is C21H29ClN2O2. The van der Waals surface area contributed by atoms with E-state index < -0.39 is 0 Å². The van der Waals surface area contributed by atoms with E-state index in [1.165, 1.54) is 6.42 Å². The van der Waals surface area contributed by atoms with Crippen LogP contribution in [0.25, 0.3) is 11.3 Å². The Bertz CT molecular complexity index is 719. The number of nitrogens with zero attached hydrogens (tertiary/aromatic N) is 2. The quantitative estimate of drug-likeness (QED) is 0.485. The van der Waals surface area contributed by atoms with Gasteiger partial charge < -0.3 is 9.47 Å². The lowest BCUT2D eigenvalue weighted by Gasteiger charge is -2.15. The SMILES string of the molecule is CCCCCOc1nc(CC)c(-c2ccc(OCC)cc2Cl)nc1CC. The highest BCUT2D eigenvalue weighted by atomic mass is 35.5. The normalized spacial score (nSPS) is 10.8. The van der Waals surface area contributed by atoms with Gasteiger partial charge >= 0.3 is 0 Å². The van der Waals surface area contributed by atoms with E-state index in [1.54, 1.807) is 0 Å². The van der Waals surface area contributed by atoms with E-state index in [9.17, 15) is 0 Å². The molecule has 2 rings (SSSR count). The van der Waals surface area contributed by atoms with Gasteiger partial charge in [-0.1, -0.05) is 45.2 Å². The minimum Gasteiger partial charge on any atom is -0.494 e. The van der Waals surface area contributed by atoms with E-state index in [0.29, 0.717) is 24.1 Å². The van der Waals surface area contributed by atoms with Gasteiger partial charge in [-0.25, -0.2) is 9.97 Å². The molecule has 1 heterocycles. The predicted molar refractivity (Wildman–Crippen MR) is 107 cm³/mol. The number of rotatable bonds is 10. The molecule has 0 radical (unpaired) electrons. The Kier molecular flexibility index (Phi) is 8.17. The van der Waals surface area contributed by atoms with Crippen molar-refractivity contribution in [1.29, 1.82) is 0 Å². The summed E-state index contributed by atoms with van der Waals surface area (Å²) in [5, 5.41) is 0.624. The molecule has 26 heavy (non-hydrogen) atoms. The average Bonchev–Trinajstić information content (AvgIpc) is 2.65. The first-order valence-electron chi connectivity index (χ1n) is 9.59. The molecule has 0 aliphatic carbocycles. The molecule has 0 spiro atoms. The van der Waals surface area contributed by atoms with Crippen LogP contribution in [0.1, 0.15) is 58.3 Å². The fraction of sp³-hybridized carbons (Fsp3) is 0.524. The molecule has 1 aromatic heterocycles. The van der Waals surface area contributed by atoms with E-state index in [2.05, 4.69) is 20.8 Å². The number of ether oxygens (including phenoxy) is 2. The van der Waals surface area contributed by atoms with Crippen molar-refractivity contribution in [2.24, 2.45) is 0 Å². The second-order valence-electron chi connectivity index (χ2n) is 6.11. The fourth-order valence-corrected chi connectivity index (χ4v) is 3.02. The van der Waals surface area contributed by atoms with Crippen LogP contribution in [0.2, 0.25) is 5.02 Å². The second kappa shape index (κ2) is 10.4.